The van der Waals surface area contributed by atoms with Crippen LogP contribution in [0.5, 0.6) is 0 Å². The molecular weight excluding hydrogens is 242 g/mol. The highest BCUT2D eigenvalue weighted by atomic mass is 14.9. The van der Waals surface area contributed by atoms with Gasteiger partial charge in [0.25, 0.3) is 0 Å². The second-order valence-corrected chi connectivity index (χ2v) is 7.19. The Morgan fingerprint density at radius 2 is 1.90 bits per heavy atom. The van der Waals surface area contributed by atoms with Crippen molar-refractivity contribution in [3.8, 4) is 0 Å². The van der Waals surface area contributed by atoms with Crippen molar-refractivity contribution >= 4 is 0 Å². The van der Waals surface area contributed by atoms with Crippen molar-refractivity contribution in [3.63, 3.8) is 0 Å². The number of nitrogens with one attached hydrogen (secondary N) is 1. The molecule has 1 aromatic carbocycles. The van der Waals surface area contributed by atoms with E-state index in [9.17, 15) is 0 Å². The minimum Gasteiger partial charge on any atom is -0.314 e. The minimum absolute atomic E-state index is 0.592. The van der Waals surface area contributed by atoms with Gasteiger partial charge in [-0.05, 0) is 67.7 Å². The first kappa shape index (κ1) is 15.6. The van der Waals surface area contributed by atoms with Gasteiger partial charge in [0.2, 0.25) is 0 Å². The first-order chi connectivity index (χ1) is 9.47. The summed E-state index contributed by atoms with van der Waals surface area (Å²) in [5, 5.41) is 3.66. The third kappa shape index (κ3) is 3.85. The van der Waals surface area contributed by atoms with E-state index < -0.39 is 0 Å². The Hall–Kier alpha value is -0.820. The van der Waals surface area contributed by atoms with Gasteiger partial charge in [-0.15, -0.1) is 0 Å². The summed E-state index contributed by atoms with van der Waals surface area (Å²) in [7, 11) is 0. The van der Waals surface area contributed by atoms with Crippen molar-refractivity contribution in [2.24, 2.45) is 11.8 Å². The van der Waals surface area contributed by atoms with E-state index in [1.165, 1.54) is 36.9 Å². The zero-order valence-corrected chi connectivity index (χ0v) is 13.9. The fourth-order valence-electron chi connectivity index (χ4n) is 3.48. The summed E-state index contributed by atoms with van der Waals surface area (Å²) in [5.41, 5.74) is 4.42. The highest BCUT2D eigenvalue weighted by molar-refractivity contribution is 5.32. The van der Waals surface area contributed by atoms with E-state index >= 15 is 0 Å². The number of benzene rings is 1. The molecule has 20 heavy (non-hydrogen) atoms. The van der Waals surface area contributed by atoms with Crippen LogP contribution in [0.3, 0.4) is 0 Å². The van der Waals surface area contributed by atoms with Gasteiger partial charge < -0.3 is 5.32 Å². The molecule has 1 N–H and O–H groups in total. The van der Waals surface area contributed by atoms with E-state index in [1.807, 2.05) is 0 Å². The highest BCUT2D eigenvalue weighted by Crippen LogP contribution is 2.40. The molecule has 1 nitrogen and oxygen atoms in total. The Kier molecular flexibility index (Phi) is 5.26. The standard InChI is InChI=1S/C19H31N/c1-13(2)20-12-18-8-6-14(3)10-19(18)17-9-7-15(4)16(5)11-17/h7,9,11,13-14,18-20H,6,8,10,12H2,1-5H3. The Balaban J connectivity index is 2.16. The number of hydrogen-bond acceptors (Lipinski definition) is 1. The molecule has 0 heterocycles. The molecule has 0 amide bonds. The average molecular weight is 273 g/mol. The molecule has 1 aliphatic carbocycles. The van der Waals surface area contributed by atoms with Crippen molar-refractivity contribution in [3.05, 3.63) is 34.9 Å². The van der Waals surface area contributed by atoms with Crippen LogP contribution in [0, 0.1) is 25.7 Å². The van der Waals surface area contributed by atoms with Crippen LogP contribution in [0.25, 0.3) is 0 Å². The molecule has 2 rings (SSSR count). The monoisotopic (exact) mass is 273 g/mol. The van der Waals surface area contributed by atoms with Crippen molar-refractivity contribution in [1.29, 1.82) is 0 Å². The van der Waals surface area contributed by atoms with Gasteiger partial charge in [-0.25, -0.2) is 0 Å². The lowest BCUT2D eigenvalue weighted by molar-refractivity contribution is 0.238. The number of aryl methyl sites for hydroxylation is 2. The summed E-state index contributed by atoms with van der Waals surface area (Å²) < 4.78 is 0. The zero-order chi connectivity index (χ0) is 14.7. The first-order valence-corrected chi connectivity index (χ1v) is 8.28. The molecule has 1 fully saturated rings. The van der Waals surface area contributed by atoms with Gasteiger partial charge in [0.05, 0.1) is 0 Å². The molecule has 0 aliphatic heterocycles. The van der Waals surface area contributed by atoms with Crippen LogP contribution in [-0.4, -0.2) is 12.6 Å². The number of hydrogen-bond donors (Lipinski definition) is 1. The van der Waals surface area contributed by atoms with Gasteiger partial charge in [0, 0.05) is 6.04 Å². The Labute approximate surface area is 125 Å². The van der Waals surface area contributed by atoms with Gasteiger partial charge >= 0.3 is 0 Å². The third-order valence-electron chi connectivity index (χ3n) is 5.00. The molecule has 0 aromatic heterocycles. The second-order valence-electron chi connectivity index (χ2n) is 7.19. The topological polar surface area (TPSA) is 12.0 Å². The van der Waals surface area contributed by atoms with Crippen LogP contribution in [0.1, 0.15) is 62.6 Å². The van der Waals surface area contributed by atoms with Crippen LogP contribution in [0.15, 0.2) is 18.2 Å². The summed E-state index contributed by atoms with van der Waals surface area (Å²) in [6.07, 6.45) is 4.12. The van der Waals surface area contributed by atoms with Gasteiger partial charge in [0.1, 0.15) is 0 Å². The maximum absolute atomic E-state index is 3.66. The van der Waals surface area contributed by atoms with Crippen molar-refractivity contribution in [2.45, 2.75) is 65.8 Å². The summed E-state index contributed by atoms with van der Waals surface area (Å²) >= 11 is 0. The molecule has 3 unspecified atom stereocenters. The van der Waals surface area contributed by atoms with E-state index in [1.54, 1.807) is 5.56 Å². The van der Waals surface area contributed by atoms with Crippen molar-refractivity contribution in [2.75, 3.05) is 6.54 Å². The van der Waals surface area contributed by atoms with E-state index in [2.05, 4.69) is 58.1 Å². The summed E-state index contributed by atoms with van der Waals surface area (Å²) in [5.74, 6) is 2.41. The molecule has 3 atom stereocenters. The number of rotatable bonds is 4. The van der Waals surface area contributed by atoms with E-state index in [4.69, 9.17) is 0 Å². The zero-order valence-electron chi connectivity index (χ0n) is 13.9. The minimum atomic E-state index is 0.592. The van der Waals surface area contributed by atoms with Crippen LogP contribution < -0.4 is 5.32 Å². The second kappa shape index (κ2) is 6.76. The SMILES string of the molecule is Cc1ccc(C2CC(C)CCC2CNC(C)C)cc1C. The fourth-order valence-corrected chi connectivity index (χ4v) is 3.48. The molecule has 0 spiro atoms. The first-order valence-electron chi connectivity index (χ1n) is 8.28. The van der Waals surface area contributed by atoms with Gasteiger partial charge in [-0.3, -0.25) is 0 Å². The Morgan fingerprint density at radius 1 is 1.15 bits per heavy atom. The van der Waals surface area contributed by atoms with E-state index in [-0.39, 0.29) is 0 Å². The molecule has 1 heteroatoms. The highest BCUT2D eigenvalue weighted by Gasteiger charge is 2.29. The molecule has 1 aliphatic rings. The third-order valence-corrected chi connectivity index (χ3v) is 5.00. The maximum atomic E-state index is 3.66. The molecule has 1 saturated carbocycles. The molecule has 0 bridgehead atoms. The van der Waals surface area contributed by atoms with Crippen LogP contribution in [-0.2, 0) is 0 Å². The van der Waals surface area contributed by atoms with Gasteiger partial charge in [0.15, 0.2) is 0 Å². The smallest absolute Gasteiger partial charge is 0.00104 e. The predicted molar refractivity (Wildman–Crippen MR) is 88.3 cm³/mol. The molecule has 1 aromatic rings. The van der Waals surface area contributed by atoms with Gasteiger partial charge in [-0.1, -0.05) is 45.4 Å². The normalized spacial score (nSPS) is 27.0. The predicted octanol–water partition coefficient (Wildman–Crippen LogP) is 4.82. The summed E-state index contributed by atoms with van der Waals surface area (Å²) in [6.45, 7) is 12.5. The Bertz CT molecular complexity index is 435. The van der Waals surface area contributed by atoms with Crippen molar-refractivity contribution < 1.29 is 0 Å². The summed E-state index contributed by atoms with van der Waals surface area (Å²) in [6, 6.07) is 7.69. The van der Waals surface area contributed by atoms with E-state index in [0.29, 0.717) is 6.04 Å². The van der Waals surface area contributed by atoms with E-state index in [0.717, 1.165) is 17.8 Å². The van der Waals surface area contributed by atoms with Crippen molar-refractivity contribution in [1.82, 2.24) is 5.32 Å². The lowest BCUT2D eigenvalue weighted by atomic mass is 9.71. The quantitative estimate of drug-likeness (QED) is 0.829. The largest absolute Gasteiger partial charge is 0.314 e. The van der Waals surface area contributed by atoms with Crippen LogP contribution in [0.2, 0.25) is 0 Å². The summed E-state index contributed by atoms with van der Waals surface area (Å²) in [4.78, 5) is 0. The van der Waals surface area contributed by atoms with Crippen LogP contribution in [0.4, 0.5) is 0 Å². The lowest BCUT2D eigenvalue weighted by Crippen LogP contribution is -2.34. The molecular formula is C19H31N. The fraction of sp³-hybridized carbons (Fsp3) is 0.684. The molecule has 112 valence electrons. The molecule has 0 radical (unpaired) electrons. The van der Waals surface area contributed by atoms with Gasteiger partial charge in [-0.2, -0.15) is 0 Å². The lowest BCUT2D eigenvalue weighted by Gasteiger charge is -2.36. The molecule has 0 saturated heterocycles. The Morgan fingerprint density at radius 3 is 2.55 bits per heavy atom. The maximum Gasteiger partial charge on any atom is 0.00104 e. The average Bonchev–Trinajstić information content (AvgIpc) is 2.40. The van der Waals surface area contributed by atoms with Crippen LogP contribution >= 0.6 is 0 Å².